The summed E-state index contributed by atoms with van der Waals surface area (Å²) >= 11 is 0. The Balaban J connectivity index is 2.02. The summed E-state index contributed by atoms with van der Waals surface area (Å²) in [6.45, 7) is 1.88. The van der Waals surface area contributed by atoms with Crippen molar-refractivity contribution in [3.63, 3.8) is 0 Å². The molecule has 3 N–H and O–H groups in total. The smallest absolute Gasteiger partial charge is 0.366 e. The van der Waals surface area contributed by atoms with Crippen molar-refractivity contribution < 1.29 is 22.8 Å². The van der Waals surface area contributed by atoms with Gasteiger partial charge in [0.05, 0.1) is 11.3 Å². The summed E-state index contributed by atoms with van der Waals surface area (Å²) in [5, 5.41) is 2.63. The third kappa shape index (κ3) is 3.83. The molecule has 0 aliphatic rings. The molecule has 146 valence electrons. The zero-order valence-corrected chi connectivity index (χ0v) is 14.9. The fourth-order valence-corrected chi connectivity index (χ4v) is 2.82. The fourth-order valence-electron chi connectivity index (χ4n) is 2.82. The number of primary amides is 1. The molecule has 0 aliphatic carbocycles. The van der Waals surface area contributed by atoms with Gasteiger partial charge in [-0.3, -0.25) is 14.0 Å². The number of fused-ring (bicyclic) bond motifs is 1. The predicted octanol–water partition coefficient (Wildman–Crippen LogP) is 3.66. The van der Waals surface area contributed by atoms with Gasteiger partial charge in [0.25, 0.3) is 5.91 Å². The largest absolute Gasteiger partial charge is 0.417 e. The van der Waals surface area contributed by atoms with Crippen molar-refractivity contribution in [1.82, 2.24) is 9.38 Å². The maximum Gasteiger partial charge on any atom is 0.417 e. The highest BCUT2D eigenvalue weighted by Crippen LogP contribution is 2.30. The maximum atomic E-state index is 13.1. The molecule has 0 saturated carbocycles. The summed E-state index contributed by atoms with van der Waals surface area (Å²) in [6, 6.07) is 8.04. The van der Waals surface area contributed by atoms with Crippen LogP contribution in [0.1, 0.15) is 45.4 Å². The minimum Gasteiger partial charge on any atom is -0.366 e. The second-order valence-corrected chi connectivity index (χ2v) is 6.20. The monoisotopic (exact) mass is 390 g/mol. The Bertz CT molecular complexity index is 1040. The second kappa shape index (κ2) is 7.34. The van der Waals surface area contributed by atoms with Gasteiger partial charge in [0, 0.05) is 17.4 Å². The zero-order chi connectivity index (χ0) is 20.5. The van der Waals surface area contributed by atoms with Crippen molar-refractivity contribution in [2.75, 3.05) is 5.32 Å². The highest BCUT2D eigenvalue weighted by atomic mass is 19.4. The average Bonchev–Trinajstić information content (AvgIpc) is 2.99. The molecule has 0 atom stereocenters. The van der Waals surface area contributed by atoms with Gasteiger partial charge >= 0.3 is 6.18 Å². The number of aromatic nitrogens is 2. The summed E-state index contributed by atoms with van der Waals surface area (Å²) in [4.78, 5) is 28.2. The van der Waals surface area contributed by atoms with Gasteiger partial charge in [0.2, 0.25) is 5.91 Å². The molecule has 0 fully saturated rings. The molecule has 6 nitrogen and oxygen atoms in total. The van der Waals surface area contributed by atoms with Gasteiger partial charge in [0.15, 0.2) is 0 Å². The van der Waals surface area contributed by atoms with Gasteiger partial charge in [-0.25, -0.2) is 4.98 Å². The SMILES string of the molecule is CCCc1nc2ccc(C(F)(F)F)cn2c1C(=O)Nc1ccc(C(N)=O)cc1. The quantitative estimate of drug-likeness (QED) is 0.697. The molecular formula is C19H17F3N4O2. The number of nitrogens with one attached hydrogen (secondary N) is 1. The second-order valence-electron chi connectivity index (χ2n) is 6.20. The van der Waals surface area contributed by atoms with Crippen molar-refractivity contribution in [3.05, 3.63) is 65.1 Å². The van der Waals surface area contributed by atoms with Gasteiger partial charge in [-0.1, -0.05) is 13.3 Å². The first kappa shape index (κ1) is 19.4. The number of pyridine rings is 1. The van der Waals surface area contributed by atoms with Crippen LogP contribution in [0.2, 0.25) is 0 Å². The van der Waals surface area contributed by atoms with E-state index in [0.29, 0.717) is 24.2 Å². The fraction of sp³-hybridized carbons (Fsp3) is 0.211. The van der Waals surface area contributed by atoms with Crippen LogP contribution in [0.4, 0.5) is 18.9 Å². The highest BCUT2D eigenvalue weighted by Gasteiger charge is 2.32. The van der Waals surface area contributed by atoms with Crippen LogP contribution in [0.15, 0.2) is 42.6 Å². The molecular weight excluding hydrogens is 373 g/mol. The van der Waals surface area contributed by atoms with E-state index in [1.807, 2.05) is 6.92 Å². The Hall–Kier alpha value is -3.36. The lowest BCUT2D eigenvalue weighted by atomic mass is 10.1. The number of carbonyl (C=O) groups is 2. The minimum atomic E-state index is -4.54. The molecule has 0 bridgehead atoms. The molecule has 2 heterocycles. The number of benzene rings is 1. The molecule has 1 aromatic carbocycles. The first-order valence-corrected chi connectivity index (χ1v) is 8.50. The Morgan fingerprint density at radius 3 is 2.39 bits per heavy atom. The lowest BCUT2D eigenvalue weighted by Crippen LogP contribution is -2.17. The molecule has 2 amide bonds. The first-order valence-electron chi connectivity index (χ1n) is 8.50. The molecule has 0 spiro atoms. The van der Waals surface area contributed by atoms with Gasteiger partial charge in [0.1, 0.15) is 11.3 Å². The summed E-state index contributed by atoms with van der Waals surface area (Å²) in [7, 11) is 0. The third-order valence-corrected chi connectivity index (χ3v) is 4.15. The van der Waals surface area contributed by atoms with E-state index in [0.717, 1.165) is 16.7 Å². The number of nitrogens with two attached hydrogens (primary N) is 1. The topological polar surface area (TPSA) is 89.5 Å². The summed E-state index contributed by atoms with van der Waals surface area (Å²) < 4.78 is 40.4. The number of imidazole rings is 1. The Labute approximate surface area is 158 Å². The zero-order valence-electron chi connectivity index (χ0n) is 14.9. The van der Waals surface area contributed by atoms with E-state index >= 15 is 0 Å². The van der Waals surface area contributed by atoms with Crippen LogP contribution in [0.5, 0.6) is 0 Å². The van der Waals surface area contributed by atoms with Gasteiger partial charge in [-0.05, 0) is 42.8 Å². The number of halogens is 3. The van der Waals surface area contributed by atoms with E-state index in [4.69, 9.17) is 5.73 Å². The van der Waals surface area contributed by atoms with Crippen LogP contribution in [0.3, 0.4) is 0 Å². The number of carbonyl (C=O) groups excluding carboxylic acids is 2. The molecule has 3 aromatic rings. The number of amides is 2. The molecule has 2 aromatic heterocycles. The molecule has 3 rings (SSSR count). The van der Waals surface area contributed by atoms with Crippen molar-refractivity contribution in [2.45, 2.75) is 25.9 Å². The Kier molecular flexibility index (Phi) is 5.08. The van der Waals surface area contributed by atoms with Crippen molar-refractivity contribution in [1.29, 1.82) is 0 Å². The standard InChI is InChI=1S/C19H17F3N4O2/c1-2-3-14-16(18(28)24-13-7-4-11(5-8-13)17(23)27)26-10-12(19(20,21)22)6-9-15(26)25-14/h4-10H,2-3H2,1H3,(H2,23,27)(H,24,28). The van der Waals surface area contributed by atoms with Crippen LogP contribution in [-0.4, -0.2) is 21.2 Å². The van der Waals surface area contributed by atoms with Crippen LogP contribution in [-0.2, 0) is 12.6 Å². The number of hydrogen-bond donors (Lipinski definition) is 2. The summed E-state index contributed by atoms with van der Waals surface area (Å²) in [5.74, 6) is -1.20. The van der Waals surface area contributed by atoms with E-state index in [1.165, 1.54) is 30.3 Å². The molecule has 9 heteroatoms. The number of hydrogen-bond acceptors (Lipinski definition) is 3. The predicted molar refractivity (Wildman–Crippen MR) is 97.1 cm³/mol. The highest BCUT2D eigenvalue weighted by molar-refractivity contribution is 6.04. The van der Waals surface area contributed by atoms with Crippen LogP contribution < -0.4 is 11.1 Å². The van der Waals surface area contributed by atoms with Crippen LogP contribution >= 0.6 is 0 Å². The van der Waals surface area contributed by atoms with Crippen LogP contribution in [0.25, 0.3) is 5.65 Å². The third-order valence-electron chi connectivity index (χ3n) is 4.15. The van der Waals surface area contributed by atoms with Crippen molar-refractivity contribution in [2.24, 2.45) is 5.73 Å². The van der Waals surface area contributed by atoms with Gasteiger partial charge in [-0.2, -0.15) is 13.2 Å². The van der Waals surface area contributed by atoms with E-state index in [-0.39, 0.29) is 16.9 Å². The maximum absolute atomic E-state index is 13.1. The number of aryl methyl sites for hydroxylation is 1. The van der Waals surface area contributed by atoms with E-state index in [9.17, 15) is 22.8 Å². The van der Waals surface area contributed by atoms with Gasteiger partial charge < -0.3 is 11.1 Å². The van der Waals surface area contributed by atoms with E-state index < -0.39 is 23.6 Å². The molecule has 0 aliphatic heterocycles. The van der Waals surface area contributed by atoms with Crippen molar-refractivity contribution in [3.8, 4) is 0 Å². The van der Waals surface area contributed by atoms with E-state index in [2.05, 4.69) is 10.3 Å². The number of rotatable bonds is 5. The summed E-state index contributed by atoms with van der Waals surface area (Å²) in [6.07, 6.45) is -2.57. The molecule has 0 saturated heterocycles. The number of nitrogens with zero attached hydrogens (tertiary/aromatic N) is 2. The number of anilines is 1. The number of alkyl halides is 3. The normalized spacial score (nSPS) is 11.6. The lowest BCUT2D eigenvalue weighted by Gasteiger charge is -2.10. The molecule has 28 heavy (non-hydrogen) atoms. The van der Waals surface area contributed by atoms with E-state index in [1.54, 1.807) is 0 Å². The lowest BCUT2D eigenvalue weighted by molar-refractivity contribution is -0.137. The van der Waals surface area contributed by atoms with Crippen molar-refractivity contribution >= 4 is 23.1 Å². The van der Waals surface area contributed by atoms with Crippen LogP contribution in [0, 0.1) is 0 Å². The molecule has 0 radical (unpaired) electrons. The van der Waals surface area contributed by atoms with Gasteiger partial charge in [-0.15, -0.1) is 0 Å². The summed E-state index contributed by atoms with van der Waals surface area (Å²) in [5.41, 5.74) is 5.66. The Morgan fingerprint density at radius 2 is 1.82 bits per heavy atom. The Morgan fingerprint density at radius 1 is 1.14 bits per heavy atom. The molecule has 0 unspecified atom stereocenters. The first-order chi connectivity index (χ1) is 13.2. The minimum absolute atomic E-state index is 0.0435. The average molecular weight is 390 g/mol.